The Labute approximate surface area is 643 Å². The fraction of sp³-hybridized carbons (Fsp3) is 0.205. The van der Waals surface area contributed by atoms with E-state index in [9.17, 15) is 49.3 Å². The number of hydrogen-bond donors (Lipinski definition) is 0. The number of nitrogens with zero attached hydrogens (tertiary/aromatic N) is 4. The molecule has 2 aromatic heterocycles. The molecule has 0 radical (unpaired) electrons. The van der Waals surface area contributed by atoms with Gasteiger partial charge in [0.2, 0.25) is 0 Å². The summed E-state index contributed by atoms with van der Waals surface area (Å²) in [5.41, 5.74) is -29.2. The van der Waals surface area contributed by atoms with E-state index in [0.29, 0.717) is 32.5 Å². The van der Waals surface area contributed by atoms with E-state index in [0.717, 1.165) is 9.80 Å². The molecule has 0 atom stereocenters. The molecule has 10 heteroatoms. The van der Waals surface area contributed by atoms with Crippen LogP contribution in [0.5, 0.6) is 0 Å². The van der Waals surface area contributed by atoms with Crippen molar-refractivity contribution in [3.05, 3.63) is 263 Å². The number of anilines is 12. The first-order valence-corrected chi connectivity index (χ1v) is 32.7. The van der Waals surface area contributed by atoms with Crippen molar-refractivity contribution in [2.45, 2.75) is 118 Å². The van der Waals surface area contributed by atoms with Crippen molar-refractivity contribution in [3.63, 3.8) is 0 Å². The summed E-state index contributed by atoms with van der Waals surface area (Å²) in [6, 6.07) is -40.0. The Morgan fingerprint density at radius 2 is 0.653 bits per heavy atom. The summed E-state index contributed by atoms with van der Waals surface area (Å²) in [6.07, 6.45) is 0. The minimum atomic E-state index is -3.87. The molecule has 13 aromatic rings. The standard InChI is InChI=1S/C88H78B2F2N4S2/c1-51-43-73-79-75(45-51)95(61-37-29-57(30-38-61)87(9,10)11)81-65-47-53(63-19-15-17-21-69(63)91)23-41-77(65)97-83(81)89(79)67-50-72-68(49-71(67)93(73)59-33-25-55(26-34-59)85(3,4)5)90-80-74(94(72)60-35-27-56(28-36-60)86(6,7)8)44-52(2)46-76(80)96(62-39-31-58(32-40-62)88(12,13)14)82-66-48-54(24-42-78(66)98-84(82)90)64-20-16-18-22-70(64)92/h15-50H,1-14H3/i1D3,2D3,15D,16D,17D,18D,19D,20D,21D,22D,23D,24D,25D,26D,27D,28D,29D,30D,31D,32D,33D,34D,35D,36D,37D,38D,39D,40D,41D,42D,43D,44D,45D,46D,47D,48D,49D,50D. The van der Waals surface area contributed by atoms with Crippen LogP contribution in [-0.4, -0.2) is 13.4 Å². The summed E-state index contributed by atoms with van der Waals surface area (Å²) < 4.78 is 454. The zero-order valence-electron chi connectivity index (χ0n) is 96.5. The summed E-state index contributed by atoms with van der Waals surface area (Å²) in [4.78, 5) is 2.76. The van der Waals surface area contributed by atoms with Crippen LogP contribution < -0.4 is 51.0 Å². The fourth-order valence-electron chi connectivity index (χ4n) is 12.7. The lowest BCUT2D eigenvalue weighted by Gasteiger charge is -2.46. The summed E-state index contributed by atoms with van der Waals surface area (Å²) in [6.45, 7) is 5.61. The maximum absolute atomic E-state index is 17.5. The molecule has 11 aromatic carbocycles. The topological polar surface area (TPSA) is 13.0 Å². The van der Waals surface area contributed by atoms with E-state index >= 15 is 8.78 Å². The highest BCUT2D eigenvalue weighted by Gasteiger charge is 2.50. The lowest BCUT2D eigenvalue weighted by Crippen LogP contribution is -2.63. The van der Waals surface area contributed by atoms with Crippen molar-refractivity contribution in [2.75, 3.05) is 19.6 Å². The molecule has 0 saturated carbocycles. The summed E-state index contributed by atoms with van der Waals surface area (Å²) in [7, 11) is 0. The molecule has 6 heterocycles. The van der Waals surface area contributed by atoms with Crippen LogP contribution in [0.4, 0.5) is 77.0 Å². The molecule has 4 aliphatic rings. The lowest BCUT2D eigenvalue weighted by atomic mass is 9.33. The molecule has 0 fully saturated rings. The molecule has 4 aliphatic heterocycles. The third kappa shape index (κ3) is 9.77. The number of halogens is 2. The Kier molecular flexibility index (Phi) is 7.10. The summed E-state index contributed by atoms with van der Waals surface area (Å²) >= 11 is 0.687. The minimum absolute atomic E-state index is 0.284. The molecule has 482 valence electrons. The first-order valence-electron chi connectivity index (χ1n) is 52.1. The highest BCUT2D eigenvalue weighted by molar-refractivity contribution is 7.34. The molecule has 0 bridgehead atoms. The van der Waals surface area contributed by atoms with Gasteiger partial charge in [-0.1, -0.05) is 180 Å². The smallest absolute Gasteiger partial charge is 0.264 e. The second kappa shape index (κ2) is 22.0. The van der Waals surface area contributed by atoms with E-state index in [1.165, 1.54) is 83.1 Å². The van der Waals surface area contributed by atoms with Crippen LogP contribution in [0.3, 0.4) is 0 Å². The normalized spacial score (nSPS) is 20.3. The first kappa shape index (κ1) is 31.6. The number of rotatable bonds is 6. The lowest BCUT2D eigenvalue weighted by molar-refractivity contribution is 0.590. The number of thiophene rings is 2. The van der Waals surface area contributed by atoms with Gasteiger partial charge in [-0.2, -0.15) is 0 Å². The summed E-state index contributed by atoms with van der Waals surface area (Å²) in [5, 5.41) is -1.58. The SMILES string of the molecule is [2H]c1c([2H])c([2H])c(-c2c([2H])c([2H])c3sc4c(c3c2[2H])N(c2c([2H])c([2H])c(C(C)(C)C)c([2H])c2[2H])c2c([2H])c(C([2H])([2H])[2H])c([2H])c3c2B4c2c([2H])c4c(c([2H])c2N3c2c([2H])c([2H])c(C(C)(C)C)c([2H])c2[2H])B2c3sc5c([2H])c([2H])c(-c6c([2H])c([2H])c([2H])c([2H])c6F)c([2H])c5c3N(c3c([2H])c([2H])c(C(C)(C)C)c([2H])c3[2H])c3c([2H])c(C([2H])([2H])[2H])c([2H])c(c32)N4c2c([2H])c([2H])c(C(C)(C)C)c([2H])c2[2H])c(F)c1[2H]. The van der Waals surface area contributed by atoms with Crippen molar-refractivity contribution in [1.29, 1.82) is 0 Å². The first-order chi connectivity index (χ1) is 64.3. The third-order valence-electron chi connectivity index (χ3n) is 17.5. The highest BCUT2D eigenvalue weighted by Crippen LogP contribution is 2.53. The number of fused-ring (bicyclic) bond motifs is 12. The Bertz CT molecular complexity index is 7340. The minimum Gasteiger partial charge on any atom is -0.311 e. The Balaban J connectivity index is 1.21. The van der Waals surface area contributed by atoms with Crippen molar-refractivity contribution >= 4 is 156 Å². The molecule has 4 nitrogen and oxygen atoms in total. The van der Waals surface area contributed by atoms with Crippen LogP contribution >= 0.6 is 22.7 Å². The van der Waals surface area contributed by atoms with Gasteiger partial charge in [0.1, 0.15) is 11.6 Å². The molecular weight excluding hydrogens is 1240 g/mol. The van der Waals surface area contributed by atoms with Gasteiger partial charge in [0.25, 0.3) is 13.4 Å². The van der Waals surface area contributed by atoms with Crippen LogP contribution in [0.15, 0.2) is 218 Å². The van der Waals surface area contributed by atoms with Crippen LogP contribution in [-0.2, 0) is 21.7 Å². The maximum atomic E-state index is 17.5. The maximum Gasteiger partial charge on any atom is 0.264 e. The molecule has 17 rings (SSSR count). The molecule has 0 unspecified atom stereocenters. The molecule has 0 amide bonds. The molecule has 0 aliphatic carbocycles. The molecule has 0 saturated heterocycles. The van der Waals surface area contributed by atoms with E-state index in [2.05, 4.69) is 0 Å². The Hall–Kier alpha value is -9.47. The average molecular weight is 1360 g/mol. The van der Waals surface area contributed by atoms with Gasteiger partial charge in [0.05, 0.1) is 60.7 Å². The predicted molar refractivity (Wildman–Crippen MR) is 420 cm³/mol. The van der Waals surface area contributed by atoms with Crippen LogP contribution in [0.2, 0.25) is 0 Å². The van der Waals surface area contributed by atoms with E-state index in [-0.39, 0.29) is 22.3 Å². The van der Waals surface area contributed by atoms with E-state index in [1.54, 1.807) is 0 Å². The van der Waals surface area contributed by atoms with Crippen molar-refractivity contribution in [3.8, 4) is 22.3 Å². The molecule has 0 spiro atoms. The number of benzene rings is 11. The largest absolute Gasteiger partial charge is 0.311 e. The van der Waals surface area contributed by atoms with E-state index in [1.807, 2.05) is 0 Å². The third-order valence-corrected chi connectivity index (χ3v) is 19.8. The zero-order valence-corrected chi connectivity index (χ0v) is 56.1. The molecule has 98 heavy (non-hydrogen) atoms. The van der Waals surface area contributed by atoms with Crippen molar-refractivity contribution in [2.24, 2.45) is 0 Å². The van der Waals surface area contributed by atoms with Crippen LogP contribution in [0.25, 0.3) is 42.4 Å². The summed E-state index contributed by atoms with van der Waals surface area (Å²) in [5.74, 6) is -3.59. The monoisotopic (exact) mass is 1360 g/mol. The van der Waals surface area contributed by atoms with Gasteiger partial charge in [-0.3, -0.25) is 0 Å². The molecular formula is C88H78B2F2N4S2. The quantitative estimate of drug-likeness (QED) is 0.154. The van der Waals surface area contributed by atoms with Crippen molar-refractivity contribution < 1.29 is 66.4 Å². The average Bonchev–Trinajstić information content (AvgIpc) is 0.736. The van der Waals surface area contributed by atoms with Gasteiger partial charge >= 0.3 is 0 Å². The van der Waals surface area contributed by atoms with Crippen LogP contribution in [0, 0.1) is 25.3 Å². The van der Waals surface area contributed by atoms with Gasteiger partial charge in [-0.25, -0.2) is 8.78 Å². The van der Waals surface area contributed by atoms with Gasteiger partial charge in [-0.15, -0.1) is 22.7 Å². The zero-order chi connectivity index (χ0) is 104. The van der Waals surface area contributed by atoms with E-state index < -0.39 is 431 Å². The van der Waals surface area contributed by atoms with Gasteiger partial charge in [0.15, 0.2) is 0 Å². The second-order valence-electron chi connectivity index (χ2n) is 28.3. The second-order valence-corrected chi connectivity index (χ2v) is 30.4. The Morgan fingerprint density at radius 1 is 0.347 bits per heavy atom. The van der Waals surface area contributed by atoms with Gasteiger partial charge in [0, 0.05) is 106 Å². The Morgan fingerprint density at radius 3 is 0.969 bits per heavy atom. The van der Waals surface area contributed by atoms with Crippen molar-refractivity contribution in [1.82, 2.24) is 0 Å². The van der Waals surface area contributed by atoms with Gasteiger partial charge in [-0.05, 0) is 223 Å². The number of hydrogen-bond acceptors (Lipinski definition) is 6. The van der Waals surface area contributed by atoms with Crippen LogP contribution in [0.1, 0.15) is 174 Å². The van der Waals surface area contributed by atoms with Gasteiger partial charge < -0.3 is 19.6 Å². The fourth-order valence-corrected chi connectivity index (χ4v) is 15.2. The molecule has 0 N–H and O–H groups in total. The van der Waals surface area contributed by atoms with E-state index in [4.69, 9.17) is 8.22 Å². The highest BCUT2D eigenvalue weighted by atomic mass is 32.1. The predicted octanol–water partition coefficient (Wildman–Crippen LogP) is 21.7.